The molecule has 0 aliphatic heterocycles. The molecule has 0 aliphatic carbocycles. The van der Waals surface area contributed by atoms with Crippen LogP contribution in [-0.2, 0) is 0 Å². The van der Waals surface area contributed by atoms with Crippen LogP contribution in [-0.4, -0.2) is 0 Å². The third-order valence-electron chi connectivity index (χ3n) is 2.72. The second kappa shape index (κ2) is 5.56. The molecule has 3 N–H and O–H groups in total. The molecule has 0 saturated heterocycles. The van der Waals surface area contributed by atoms with Gasteiger partial charge in [0.15, 0.2) is 0 Å². The molecule has 0 heterocycles. The van der Waals surface area contributed by atoms with Crippen LogP contribution in [0.4, 0.5) is 8.78 Å². The lowest BCUT2D eigenvalue weighted by atomic mass is 9.87. The van der Waals surface area contributed by atoms with E-state index in [1.807, 2.05) is 0 Å². The standard InChI is InChI=1S/C13H20F2N2/c1-13(2,3)7-6-12(17-16)10-5-4-9(14)8-11(10)15/h4-5,8,12,17H,6-7,16H2,1-3H3. The second-order valence-corrected chi connectivity index (χ2v) is 5.48. The van der Waals surface area contributed by atoms with Gasteiger partial charge in [-0.15, -0.1) is 0 Å². The summed E-state index contributed by atoms with van der Waals surface area (Å²) in [6.45, 7) is 6.34. The largest absolute Gasteiger partial charge is 0.271 e. The molecule has 0 radical (unpaired) electrons. The van der Waals surface area contributed by atoms with Crippen LogP contribution < -0.4 is 11.3 Å². The molecule has 17 heavy (non-hydrogen) atoms. The maximum Gasteiger partial charge on any atom is 0.130 e. The van der Waals surface area contributed by atoms with Crippen molar-refractivity contribution in [3.05, 3.63) is 35.4 Å². The Morgan fingerprint density at radius 3 is 2.41 bits per heavy atom. The first-order valence-corrected chi connectivity index (χ1v) is 5.74. The number of benzene rings is 1. The van der Waals surface area contributed by atoms with Gasteiger partial charge in [-0.3, -0.25) is 11.3 Å². The van der Waals surface area contributed by atoms with Gasteiger partial charge < -0.3 is 0 Å². The molecular formula is C13H20F2N2. The number of hydrazine groups is 1. The molecule has 1 aromatic carbocycles. The number of nitrogens with one attached hydrogen (secondary N) is 1. The minimum atomic E-state index is -0.571. The summed E-state index contributed by atoms with van der Waals surface area (Å²) in [5.74, 6) is 4.31. The number of hydrogen-bond acceptors (Lipinski definition) is 2. The summed E-state index contributed by atoms with van der Waals surface area (Å²) in [4.78, 5) is 0. The Labute approximate surface area is 101 Å². The monoisotopic (exact) mass is 242 g/mol. The first-order chi connectivity index (χ1) is 7.83. The van der Waals surface area contributed by atoms with Gasteiger partial charge in [-0.25, -0.2) is 8.78 Å². The van der Waals surface area contributed by atoms with E-state index in [4.69, 9.17) is 5.84 Å². The van der Waals surface area contributed by atoms with E-state index in [1.54, 1.807) is 0 Å². The van der Waals surface area contributed by atoms with Crippen molar-refractivity contribution in [3.63, 3.8) is 0 Å². The highest BCUT2D eigenvalue weighted by Crippen LogP contribution is 2.28. The molecule has 0 fully saturated rings. The highest BCUT2D eigenvalue weighted by atomic mass is 19.1. The van der Waals surface area contributed by atoms with Crippen LogP contribution >= 0.6 is 0 Å². The van der Waals surface area contributed by atoms with E-state index in [2.05, 4.69) is 26.2 Å². The minimum Gasteiger partial charge on any atom is -0.271 e. The lowest BCUT2D eigenvalue weighted by Crippen LogP contribution is -2.29. The molecule has 0 spiro atoms. The second-order valence-electron chi connectivity index (χ2n) is 5.48. The Balaban J connectivity index is 2.79. The van der Waals surface area contributed by atoms with E-state index in [9.17, 15) is 8.78 Å². The van der Waals surface area contributed by atoms with Crippen LogP contribution in [0.5, 0.6) is 0 Å². The molecule has 4 heteroatoms. The average molecular weight is 242 g/mol. The van der Waals surface area contributed by atoms with Crippen molar-refractivity contribution in [3.8, 4) is 0 Å². The fourth-order valence-corrected chi connectivity index (χ4v) is 1.69. The molecular weight excluding hydrogens is 222 g/mol. The Morgan fingerprint density at radius 2 is 1.94 bits per heavy atom. The van der Waals surface area contributed by atoms with Crippen molar-refractivity contribution in [2.45, 2.75) is 39.7 Å². The summed E-state index contributed by atoms with van der Waals surface area (Å²) in [7, 11) is 0. The van der Waals surface area contributed by atoms with E-state index in [1.165, 1.54) is 12.1 Å². The molecule has 0 aromatic heterocycles. The third-order valence-corrected chi connectivity index (χ3v) is 2.72. The fourth-order valence-electron chi connectivity index (χ4n) is 1.69. The number of hydrogen-bond donors (Lipinski definition) is 2. The summed E-state index contributed by atoms with van der Waals surface area (Å²) in [6.07, 6.45) is 1.61. The Hall–Kier alpha value is -1.00. The summed E-state index contributed by atoms with van der Waals surface area (Å²) >= 11 is 0. The topological polar surface area (TPSA) is 38.0 Å². The predicted octanol–water partition coefficient (Wildman–Crippen LogP) is 3.30. The third kappa shape index (κ3) is 4.40. The smallest absolute Gasteiger partial charge is 0.130 e. The molecule has 2 nitrogen and oxygen atoms in total. The summed E-state index contributed by atoms with van der Waals surface area (Å²) < 4.78 is 26.4. The number of nitrogens with two attached hydrogens (primary N) is 1. The van der Waals surface area contributed by atoms with Gasteiger partial charge in [0.25, 0.3) is 0 Å². The maximum absolute atomic E-state index is 13.6. The molecule has 0 aliphatic rings. The first kappa shape index (κ1) is 14.1. The lowest BCUT2D eigenvalue weighted by Gasteiger charge is -2.23. The minimum absolute atomic E-state index is 0.158. The van der Waals surface area contributed by atoms with Crippen molar-refractivity contribution < 1.29 is 8.78 Å². The molecule has 0 amide bonds. The summed E-state index contributed by atoms with van der Waals surface area (Å²) in [5, 5.41) is 0. The van der Waals surface area contributed by atoms with E-state index in [0.717, 1.165) is 12.5 Å². The lowest BCUT2D eigenvalue weighted by molar-refractivity contribution is 0.330. The normalized spacial score (nSPS) is 13.8. The van der Waals surface area contributed by atoms with Crippen molar-refractivity contribution in [2.75, 3.05) is 0 Å². The summed E-state index contributed by atoms with van der Waals surface area (Å²) in [6, 6.07) is 3.30. The summed E-state index contributed by atoms with van der Waals surface area (Å²) in [5.41, 5.74) is 3.16. The van der Waals surface area contributed by atoms with Gasteiger partial charge in [-0.05, 0) is 24.3 Å². The number of halogens is 2. The van der Waals surface area contributed by atoms with E-state index >= 15 is 0 Å². The zero-order chi connectivity index (χ0) is 13.1. The van der Waals surface area contributed by atoms with Gasteiger partial charge in [0, 0.05) is 17.7 Å². The Bertz CT molecular complexity index is 372. The molecule has 96 valence electrons. The van der Waals surface area contributed by atoms with Crippen LogP contribution in [0.15, 0.2) is 18.2 Å². The van der Waals surface area contributed by atoms with Gasteiger partial charge in [0.1, 0.15) is 11.6 Å². The van der Waals surface area contributed by atoms with Crippen LogP contribution in [0.25, 0.3) is 0 Å². The SMILES string of the molecule is CC(C)(C)CCC(NN)c1ccc(F)cc1F. The highest BCUT2D eigenvalue weighted by molar-refractivity contribution is 5.22. The van der Waals surface area contributed by atoms with Crippen LogP contribution in [0.1, 0.15) is 45.2 Å². The van der Waals surface area contributed by atoms with E-state index < -0.39 is 11.6 Å². The quantitative estimate of drug-likeness (QED) is 0.628. The molecule has 1 atom stereocenters. The molecule has 1 aromatic rings. The molecule has 1 rings (SSSR count). The van der Waals surface area contributed by atoms with Gasteiger partial charge in [0.05, 0.1) is 0 Å². The van der Waals surface area contributed by atoms with Crippen molar-refractivity contribution >= 4 is 0 Å². The van der Waals surface area contributed by atoms with Gasteiger partial charge >= 0.3 is 0 Å². The maximum atomic E-state index is 13.6. The van der Waals surface area contributed by atoms with E-state index in [-0.39, 0.29) is 11.5 Å². The van der Waals surface area contributed by atoms with Crippen LogP contribution in [0.3, 0.4) is 0 Å². The molecule has 0 bridgehead atoms. The Kier molecular flexibility index (Phi) is 4.60. The van der Waals surface area contributed by atoms with Crippen LogP contribution in [0.2, 0.25) is 0 Å². The predicted molar refractivity (Wildman–Crippen MR) is 65.1 cm³/mol. The number of rotatable bonds is 4. The van der Waals surface area contributed by atoms with Crippen molar-refractivity contribution in [1.29, 1.82) is 0 Å². The fraction of sp³-hybridized carbons (Fsp3) is 0.538. The zero-order valence-electron chi connectivity index (χ0n) is 10.6. The van der Waals surface area contributed by atoms with Gasteiger partial charge in [-0.1, -0.05) is 26.8 Å². The Morgan fingerprint density at radius 1 is 1.29 bits per heavy atom. The van der Waals surface area contributed by atoms with Gasteiger partial charge in [0.2, 0.25) is 0 Å². The molecule has 1 unspecified atom stereocenters. The molecule has 0 saturated carbocycles. The van der Waals surface area contributed by atoms with Crippen LogP contribution in [0, 0.1) is 17.0 Å². The van der Waals surface area contributed by atoms with E-state index in [0.29, 0.717) is 12.0 Å². The zero-order valence-corrected chi connectivity index (χ0v) is 10.6. The van der Waals surface area contributed by atoms with Crippen molar-refractivity contribution in [1.82, 2.24) is 5.43 Å². The average Bonchev–Trinajstić information content (AvgIpc) is 2.19. The first-order valence-electron chi connectivity index (χ1n) is 5.74. The van der Waals surface area contributed by atoms with Gasteiger partial charge in [-0.2, -0.15) is 0 Å². The highest BCUT2D eigenvalue weighted by Gasteiger charge is 2.18. The van der Waals surface area contributed by atoms with Crippen molar-refractivity contribution in [2.24, 2.45) is 11.3 Å².